The van der Waals surface area contributed by atoms with E-state index in [-0.39, 0.29) is 5.91 Å². The summed E-state index contributed by atoms with van der Waals surface area (Å²) in [5.41, 5.74) is 5.06. The lowest BCUT2D eigenvalue weighted by Crippen LogP contribution is -2.27. The Morgan fingerprint density at radius 1 is 1.14 bits per heavy atom. The van der Waals surface area contributed by atoms with Crippen molar-refractivity contribution >= 4 is 17.2 Å². The molecule has 1 aromatic carbocycles. The van der Waals surface area contributed by atoms with Crippen LogP contribution in [0.5, 0.6) is 0 Å². The molecular formula is C19H23NOS. The molecule has 1 aliphatic rings. The summed E-state index contributed by atoms with van der Waals surface area (Å²) in [7, 11) is 0. The molecular weight excluding hydrogens is 290 g/mol. The minimum absolute atomic E-state index is 0.216. The van der Waals surface area contributed by atoms with Crippen LogP contribution in [-0.2, 0) is 6.42 Å². The minimum Gasteiger partial charge on any atom is -0.338 e. The number of hydrogen-bond donors (Lipinski definition) is 0. The summed E-state index contributed by atoms with van der Waals surface area (Å²) in [6.07, 6.45) is 3.34. The monoisotopic (exact) mass is 313 g/mol. The Hall–Kier alpha value is -1.61. The summed E-state index contributed by atoms with van der Waals surface area (Å²) >= 11 is 1.64. The maximum atomic E-state index is 12.6. The van der Waals surface area contributed by atoms with Gasteiger partial charge in [0.2, 0.25) is 0 Å². The van der Waals surface area contributed by atoms with Crippen LogP contribution in [-0.4, -0.2) is 23.9 Å². The highest BCUT2D eigenvalue weighted by Crippen LogP contribution is 2.33. The van der Waals surface area contributed by atoms with Gasteiger partial charge in [-0.1, -0.05) is 25.1 Å². The van der Waals surface area contributed by atoms with Crippen LogP contribution in [0.4, 0.5) is 0 Å². The quantitative estimate of drug-likeness (QED) is 0.794. The largest absolute Gasteiger partial charge is 0.338 e. The standard InChI is InChI=1S/C19H23NOS/c1-4-15-7-8-16(11-13(15)2)17-12-14(3)18(22-17)19(21)20-9-5-6-10-20/h7-8,11-12H,4-6,9-10H2,1-3H3. The molecule has 0 spiro atoms. The molecule has 0 bridgehead atoms. The molecule has 2 nitrogen and oxygen atoms in total. The Kier molecular flexibility index (Phi) is 4.34. The Morgan fingerprint density at radius 3 is 2.50 bits per heavy atom. The van der Waals surface area contributed by atoms with Crippen molar-refractivity contribution in [1.29, 1.82) is 0 Å². The predicted molar refractivity (Wildman–Crippen MR) is 93.7 cm³/mol. The van der Waals surface area contributed by atoms with E-state index in [0.717, 1.165) is 42.8 Å². The SMILES string of the molecule is CCc1ccc(-c2cc(C)c(C(=O)N3CCCC3)s2)cc1C. The molecule has 0 aliphatic carbocycles. The van der Waals surface area contributed by atoms with E-state index in [0.29, 0.717) is 0 Å². The zero-order chi connectivity index (χ0) is 15.7. The molecule has 1 aliphatic heterocycles. The van der Waals surface area contributed by atoms with Crippen LogP contribution >= 0.6 is 11.3 Å². The second kappa shape index (κ2) is 6.25. The first kappa shape index (κ1) is 15.3. The van der Waals surface area contributed by atoms with Gasteiger partial charge in [0, 0.05) is 18.0 Å². The molecule has 0 atom stereocenters. The van der Waals surface area contributed by atoms with E-state index in [2.05, 4.69) is 45.0 Å². The summed E-state index contributed by atoms with van der Waals surface area (Å²) in [6.45, 7) is 8.23. The lowest BCUT2D eigenvalue weighted by Gasteiger charge is -2.14. The number of rotatable bonds is 3. The van der Waals surface area contributed by atoms with Crippen LogP contribution in [0, 0.1) is 13.8 Å². The van der Waals surface area contributed by atoms with Crippen LogP contribution in [0.1, 0.15) is 46.1 Å². The Morgan fingerprint density at radius 2 is 1.86 bits per heavy atom. The molecule has 1 fully saturated rings. The number of carbonyl (C=O) groups is 1. The van der Waals surface area contributed by atoms with Gasteiger partial charge in [-0.05, 0) is 61.4 Å². The fourth-order valence-electron chi connectivity index (χ4n) is 3.15. The smallest absolute Gasteiger partial charge is 0.264 e. The number of aryl methyl sites for hydroxylation is 3. The van der Waals surface area contributed by atoms with Crippen molar-refractivity contribution in [3.8, 4) is 10.4 Å². The van der Waals surface area contributed by atoms with E-state index in [1.165, 1.54) is 21.6 Å². The number of likely N-dealkylation sites (tertiary alicyclic amines) is 1. The normalized spacial score (nSPS) is 14.6. The molecule has 0 saturated carbocycles. The van der Waals surface area contributed by atoms with Crippen LogP contribution in [0.3, 0.4) is 0 Å². The van der Waals surface area contributed by atoms with Gasteiger partial charge in [0.05, 0.1) is 4.88 Å². The maximum absolute atomic E-state index is 12.6. The first-order chi connectivity index (χ1) is 10.6. The van der Waals surface area contributed by atoms with E-state index < -0.39 is 0 Å². The van der Waals surface area contributed by atoms with E-state index in [1.54, 1.807) is 11.3 Å². The highest BCUT2D eigenvalue weighted by molar-refractivity contribution is 7.17. The molecule has 2 heterocycles. The number of nitrogens with zero attached hydrogens (tertiary/aromatic N) is 1. The highest BCUT2D eigenvalue weighted by Gasteiger charge is 2.23. The van der Waals surface area contributed by atoms with Gasteiger partial charge in [-0.25, -0.2) is 0 Å². The number of benzene rings is 1. The third kappa shape index (κ3) is 2.82. The van der Waals surface area contributed by atoms with Crippen LogP contribution < -0.4 is 0 Å². The second-order valence-corrected chi connectivity index (χ2v) is 7.17. The number of carbonyl (C=O) groups excluding carboxylic acids is 1. The molecule has 0 unspecified atom stereocenters. The Balaban J connectivity index is 1.91. The zero-order valence-corrected chi connectivity index (χ0v) is 14.4. The van der Waals surface area contributed by atoms with Crippen LogP contribution in [0.25, 0.3) is 10.4 Å². The topological polar surface area (TPSA) is 20.3 Å². The van der Waals surface area contributed by atoms with Gasteiger partial charge in [0.25, 0.3) is 5.91 Å². The lowest BCUT2D eigenvalue weighted by molar-refractivity contribution is 0.0797. The van der Waals surface area contributed by atoms with Crippen molar-refractivity contribution in [3.05, 3.63) is 45.8 Å². The molecule has 0 radical (unpaired) electrons. The number of amides is 1. The van der Waals surface area contributed by atoms with Crippen LogP contribution in [0.2, 0.25) is 0 Å². The van der Waals surface area contributed by atoms with Crippen LogP contribution in [0.15, 0.2) is 24.3 Å². The average molecular weight is 313 g/mol. The van der Waals surface area contributed by atoms with Crippen molar-refractivity contribution in [1.82, 2.24) is 4.90 Å². The van der Waals surface area contributed by atoms with Gasteiger partial charge in [0.15, 0.2) is 0 Å². The molecule has 1 aromatic heterocycles. The van der Waals surface area contributed by atoms with Crippen molar-refractivity contribution in [2.24, 2.45) is 0 Å². The third-order valence-corrected chi connectivity index (χ3v) is 5.79. The number of hydrogen-bond acceptors (Lipinski definition) is 2. The summed E-state index contributed by atoms with van der Waals surface area (Å²) in [5, 5.41) is 0. The third-order valence-electron chi connectivity index (χ3n) is 4.51. The summed E-state index contributed by atoms with van der Waals surface area (Å²) in [4.78, 5) is 16.7. The maximum Gasteiger partial charge on any atom is 0.264 e. The van der Waals surface area contributed by atoms with Gasteiger partial charge in [0.1, 0.15) is 0 Å². The molecule has 0 N–H and O–H groups in total. The predicted octanol–water partition coefficient (Wildman–Crippen LogP) is 4.83. The molecule has 22 heavy (non-hydrogen) atoms. The first-order valence-corrected chi connectivity index (χ1v) is 8.91. The highest BCUT2D eigenvalue weighted by atomic mass is 32.1. The van der Waals surface area contributed by atoms with Gasteiger partial charge in [-0.3, -0.25) is 4.79 Å². The van der Waals surface area contributed by atoms with Crippen molar-refractivity contribution in [2.45, 2.75) is 40.0 Å². The van der Waals surface area contributed by atoms with Gasteiger partial charge in [-0.2, -0.15) is 0 Å². The minimum atomic E-state index is 0.216. The molecule has 3 rings (SSSR count). The number of thiophene rings is 1. The van der Waals surface area contributed by atoms with Gasteiger partial charge < -0.3 is 4.90 Å². The molecule has 1 amide bonds. The molecule has 116 valence electrons. The summed E-state index contributed by atoms with van der Waals surface area (Å²) in [5.74, 6) is 0.216. The zero-order valence-electron chi connectivity index (χ0n) is 13.6. The lowest BCUT2D eigenvalue weighted by atomic mass is 10.0. The molecule has 1 saturated heterocycles. The van der Waals surface area contributed by atoms with Crippen molar-refractivity contribution < 1.29 is 4.79 Å². The van der Waals surface area contributed by atoms with E-state index >= 15 is 0 Å². The summed E-state index contributed by atoms with van der Waals surface area (Å²) < 4.78 is 0. The van der Waals surface area contributed by atoms with E-state index in [4.69, 9.17) is 0 Å². The van der Waals surface area contributed by atoms with Crippen molar-refractivity contribution in [3.63, 3.8) is 0 Å². The molecule has 2 aromatic rings. The van der Waals surface area contributed by atoms with Gasteiger partial charge >= 0.3 is 0 Å². The first-order valence-electron chi connectivity index (χ1n) is 8.09. The van der Waals surface area contributed by atoms with Crippen molar-refractivity contribution in [2.75, 3.05) is 13.1 Å². The fourth-order valence-corrected chi connectivity index (χ4v) is 4.28. The Bertz CT molecular complexity index is 695. The average Bonchev–Trinajstić information content (AvgIpc) is 3.16. The van der Waals surface area contributed by atoms with Gasteiger partial charge in [-0.15, -0.1) is 11.3 Å². The molecule has 3 heteroatoms. The van der Waals surface area contributed by atoms with E-state index in [1.807, 2.05) is 4.90 Å². The fraction of sp³-hybridized carbons (Fsp3) is 0.421. The Labute approximate surface area is 136 Å². The summed E-state index contributed by atoms with van der Waals surface area (Å²) in [6, 6.07) is 8.80. The van der Waals surface area contributed by atoms with E-state index in [9.17, 15) is 4.79 Å². The second-order valence-electron chi connectivity index (χ2n) is 6.12.